The number of rotatable bonds is 5. The lowest BCUT2D eigenvalue weighted by molar-refractivity contribution is -0.112. The van der Waals surface area contributed by atoms with E-state index in [4.69, 9.17) is 21.1 Å². The molecule has 0 aliphatic heterocycles. The van der Waals surface area contributed by atoms with E-state index in [-0.39, 0.29) is 5.57 Å². The van der Waals surface area contributed by atoms with Gasteiger partial charge in [0.25, 0.3) is 5.91 Å². The summed E-state index contributed by atoms with van der Waals surface area (Å²) in [6.45, 7) is 0. The number of nitrogens with one attached hydrogen (secondary N) is 1. The number of carbonyl (C=O) groups excluding carboxylic acids is 1. The average Bonchev–Trinajstić information content (AvgIpc) is 2.60. The van der Waals surface area contributed by atoms with Crippen molar-refractivity contribution >= 4 is 29.3 Å². The van der Waals surface area contributed by atoms with Crippen LogP contribution in [0.4, 0.5) is 5.69 Å². The van der Waals surface area contributed by atoms with E-state index in [1.165, 1.54) is 13.2 Å². The molecule has 0 bridgehead atoms. The molecule has 122 valence electrons. The van der Waals surface area contributed by atoms with Gasteiger partial charge in [-0.1, -0.05) is 11.6 Å². The highest BCUT2D eigenvalue weighted by atomic mass is 35.5. The summed E-state index contributed by atoms with van der Waals surface area (Å²) in [6.07, 6.45) is 1.43. The second-order valence-electron chi connectivity index (χ2n) is 4.74. The predicted molar refractivity (Wildman–Crippen MR) is 93.2 cm³/mol. The van der Waals surface area contributed by atoms with Crippen molar-refractivity contribution in [3.05, 3.63) is 58.6 Å². The highest BCUT2D eigenvalue weighted by Crippen LogP contribution is 2.25. The zero-order valence-corrected chi connectivity index (χ0v) is 13.9. The summed E-state index contributed by atoms with van der Waals surface area (Å²) in [5, 5.41) is 12.4. The van der Waals surface area contributed by atoms with Gasteiger partial charge in [-0.3, -0.25) is 4.79 Å². The van der Waals surface area contributed by atoms with E-state index in [0.717, 1.165) is 0 Å². The Hall–Kier alpha value is -2.97. The number of ether oxygens (including phenoxy) is 2. The molecule has 0 saturated carbocycles. The first-order valence-corrected chi connectivity index (χ1v) is 7.36. The van der Waals surface area contributed by atoms with Crippen LogP contribution >= 0.6 is 11.6 Å². The minimum atomic E-state index is -0.523. The first-order valence-electron chi connectivity index (χ1n) is 6.98. The third-order valence-electron chi connectivity index (χ3n) is 3.20. The van der Waals surface area contributed by atoms with Crippen molar-refractivity contribution in [2.24, 2.45) is 0 Å². The second kappa shape index (κ2) is 8.04. The molecule has 0 aliphatic rings. The zero-order chi connectivity index (χ0) is 17.5. The van der Waals surface area contributed by atoms with E-state index in [1.54, 1.807) is 49.6 Å². The Kier molecular flexibility index (Phi) is 5.83. The van der Waals surface area contributed by atoms with Crippen LogP contribution < -0.4 is 14.8 Å². The van der Waals surface area contributed by atoms with E-state index in [9.17, 15) is 10.1 Å². The summed E-state index contributed by atoms with van der Waals surface area (Å²) in [6, 6.07) is 13.7. The Morgan fingerprint density at radius 3 is 2.46 bits per heavy atom. The zero-order valence-electron chi connectivity index (χ0n) is 13.2. The Morgan fingerprint density at radius 1 is 1.17 bits per heavy atom. The van der Waals surface area contributed by atoms with E-state index in [1.807, 2.05) is 6.07 Å². The largest absolute Gasteiger partial charge is 0.497 e. The van der Waals surface area contributed by atoms with Crippen LogP contribution in [-0.2, 0) is 4.79 Å². The van der Waals surface area contributed by atoms with Gasteiger partial charge in [-0.25, -0.2) is 0 Å². The van der Waals surface area contributed by atoms with Crippen molar-refractivity contribution in [2.75, 3.05) is 19.5 Å². The van der Waals surface area contributed by atoms with Gasteiger partial charge in [-0.15, -0.1) is 0 Å². The van der Waals surface area contributed by atoms with Crippen LogP contribution in [0.1, 0.15) is 5.56 Å². The molecular formula is C18H15ClN2O3. The molecule has 1 N–H and O–H groups in total. The first-order chi connectivity index (χ1) is 11.6. The van der Waals surface area contributed by atoms with Crippen LogP contribution in [0, 0.1) is 11.3 Å². The fourth-order valence-corrected chi connectivity index (χ4v) is 2.18. The molecule has 24 heavy (non-hydrogen) atoms. The molecule has 0 fully saturated rings. The highest BCUT2D eigenvalue weighted by Gasteiger charge is 2.11. The maximum Gasteiger partial charge on any atom is 0.266 e. The number of nitriles is 1. The molecule has 0 saturated heterocycles. The van der Waals surface area contributed by atoms with Crippen LogP contribution in [0.5, 0.6) is 11.5 Å². The number of hydrogen-bond acceptors (Lipinski definition) is 4. The molecule has 2 rings (SSSR count). The highest BCUT2D eigenvalue weighted by molar-refractivity contribution is 6.30. The molecule has 2 aromatic rings. The number of anilines is 1. The maximum absolute atomic E-state index is 12.3. The standard InChI is InChI=1S/C18H15ClN2O3/c1-23-16-6-4-15(5-7-16)21-18(22)13(11-20)9-12-10-14(19)3-8-17(12)24-2/h3-10H,1-2H3,(H,21,22)/b13-9-. The Morgan fingerprint density at radius 2 is 1.88 bits per heavy atom. The molecule has 5 nitrogen and oxygen atoms in total. The third kappa shape index (κ3) is 4.28. The number of hydrogen-bond donors (Lipinski definition) is 1. The van der Waals surface area contributed by atoms with E-state index >= 15 is 0 Å². The lowest BCUT2D eigenvalue weighted by Gasteiger charge is -2.07. The molecule has 0 aliphatic carbocycles. The molecule has 0 radical (unpaired) electrons. The van der Waals surface area contributed by atoms with Gasteiger partial charge >= 0.3 is 0 Å². The molecule has 0 heterocycles. The van der Waals surface area contributed by atoms with Crippen LogP contribution in [0.3, 0.4) is 0 Å². The SMILES string of the molecule is COc1ccc(NC(=O)/C(C#N)=C\c2cc(Cl)ccc2OC)cc1. The van der Waals surface area contributed by atoms with Crippen molar-refractivity contribution < 1.29 is 14.3 Å². The number of carbonyl (C=O) groups is 1. The lowest BCUT2D eigenvalue weighted by Crippen LogP contribution is -2.13. The summed E-state index contributed by atoms with van der Waals surface area (Å²) in [5.41, 5.74) is 1.04. The van der Waals surface area contributed by atoms with Gasteiger partial charge in [0.15, 0.2) is 0 Å². The topological polar surface area (TPSA) is 71.3 Å². The normalized spacial score (nSPS) is 10.7. The number of halogens is 1. The Bertz CT molecular complexity index is 808. The molecule has 2 aromatic carbocycles. The minimum absolute atomic E-state index is 0.0635. The van der Waals surface area contributed by atoms with Crippen LogP contribution in [0.15, 0.2) is 48.0 Å². The average molecular weight is 343 g/mol. The second-order valence-corrected chi connectivity index (χ2v) is 5.18. The number of amides is 1. The molecule has 6 heteroatoms. The van der Waals surface area contributed by atoms with E-state index in [2.05, 4.69) is 5.32 Å². The third-order valence-corrected chi connectivity index (χ3v) is 3.44. The van der Waals surface area contributed by atoms with Crippen molar-refractivity contribution in [1.29, 1.82) is 5.26 Å². The van der Waals surface area contributed by atoms with E-state index in [0.29, 0.717) is 27.8 Å². The number of methoxy groups -OCH3 is 2. The van der Waals surface area contributed by atoms with Gasteiger partial charge in [0.05, 0.1) is 14.2 Å². The summed E-state index contributed by atoms with van der Waals surface area (Å²) in [7, 11) is 3.06. The van der Waals surface area contributed by atoms with Crippen LogP contribution in [0.2, 0.25) is 5.02 Å². The van der Waals surface area contributed by atoms with Crippen molar-refractivity contribution in [3.63, 3.8) is 0 Å². The monoisotopic (exact) mass is 342 g/mol. The van der Waals surface area contributed by atoms with Crippen LogP contribution in [0.25, 0.3) is 6.08 Å². The fraction of sp³-hybridized carbons (Fsp3) is 0.111. The van der Waals surface area contributed by atoms with Gasteiger partial charge < -0.3 is 14.8 Å². The summed E-state index contributed by atoms with van der Waals surface area (Å²) in [5.74, 6) is 0.668. The smallest absolute Gasteiger partial charge is 0.266 e. The van der Waals surface area contributed by atoms with Gasteiger partial charge in [0, 0.05) is 16.3 Å². The number of benzene rings is 2. The molecular weight excluding hydrogens is 328 g/mol. The van der Waals surface area contributed by atoms with Crippen molar-refractivity contribution in [1.82, 2.24) is 0 Å². The quantitative estimate of drug-likeness (QED) is 0.660. The summed E-state index contributed by atoms with van der Waals surface area (Å²) in [4.78, 5) is 12.3. The van der Waals surface area contributed by atoms with Crippen LogP contribution in [-0.4, -0.2) is 20.1 Å². The minimum Gasteiger partial charge on any atom is -0.497 e. The molecule has 0 atom stereocenters. The number of nitrogens with zero attached hydrogens (tertiary/aromatic N) is 1. The Balaban J connectivity index is 2.25. The maximum atomic E-state index is 12.3. The first kappa shape index (κ1) is 17.4. The van der Waals surface area contributed by atoms with Gasteiger partial charge in [0.2, 0.25) is 0 Å². The van der Waals surface area contributed by atoms with Gasteiger partial charge in [-0.05, 0) is 48.5 Å². The molecule has 0 spiro atoms. The van der Waals surface area contributed by atoms with Crippen molar-refractivity contribution in [3.8, 4) is 17.6 Å². The van der Waals surface area contributed by atoms with Gasteiger partial charge in [0.1, 0.15) is 23.1 Å². The lowest BCUT2D eigenvalue weighted by atomic mass is 10.1. The van der Waals surface area contributed by atoms with E-state index < -0.39 is 5.91 Å². The molecule has 0 unspecified atom stereocenters. The molecule has 1 amide bonds. The summed E-state index contributed by atoms with van der Waals surface area (Å²) < 4.78 is 10.3. The van der Waals surface area contributed by atoms with Gasteiger partial charge in [-0.2, -0.15) is 5.26 Å². The molecule has 0 aromatic heterocycles. The van der Waals surface area contributed by atoms with Crippen molar-refractivity contribution in [2.45, 2.75) is 0 Å². The summed E-state index contributed by atoms with van der Waals surface area (Å²) >= 11 is 5.96. The predicted octanol–water partition coefficient (Wildman–Crippen LogP) is 3.90. The fourth-order valence-electron chi connectivity index (χ4n) is 1.99. The Labute approximate surface area is 145 Å².